The molecule has 15 heavy (non-hydrogen) atoms. The van der Waals surface area contributed by atoms with Gasteiger partial charge in [0.2, 0.25) is 5.82 Å². The van der Waals surface area contributed by atoms with Gasteiger partial charge in [0.05, 0.1) is 6.61 Å². The minimum atomic E-state index is 0.00623. The zero-order valence-corrected chi connectivity index (χ0v) is 8.73. The number of nitrogens with zero attached hydrogens (tertiary/aromatic N) is 2. The van der Waals surface area contributed by atoms with E-state index in [9.17, 15) is 0 Å². The lowest BCUT2D eigenvalue weighted by Crippen LogP contribution is -2.08. The molecule has 1 saturated heterocycles. The smallest absolute Gasteiger partial charge is 0.321 e. The zero-order valence-electron chi connectivity index (χ0n) is 8.73. The molecule has 1 fully saturated rings. The van der Waals surface area contributed by atoms with Crippen LogP contribution >= 0.6 is 0 Å². The highest BCUT2D eigenvalue weighted by molar-refractivity contribution is 5.18. The number of anilines is 1. The summed E-state index contributed by atoms with van der Waals surface area (Å²) in [5.41, 5.74) is 0. The highest BCUT2D eigenvalue weighted by Gasteiger charge is 2.22. The van der Waals surface area contributed by atoms with Gasteiger partial charge in [0.15, 0.2) is 0 Å². The third-order valence-electron chi connectivity index (χ3n) is 2.24. The Bertz CT molecular complexity index is 297. The first-order valence-corrected chi connectivity index (χ1v) is 5.08. The molecular weight excluding hydrogens is 198 g/mol. The van der Waals surface area contributed by atoms with Crippen molar-refractivity contribution >= 4 is 6.01 Å². The van der Waals surface area contributed by atoms with Crippen LogP contribution in [-0.4, -0.2) is 37.0 Å². The molecule has 1 aliphatic rings. The summed E-state index contributed by atoms with van der Waals surface area (Å²) in [7, 11) is 1.65. The van der Waals surface area contributed by atoms with E-state index < -0.39 is 0 Å². The van der Waals surface area contributed by atoms with Crippen LogP contribution in [0.3, 0.4) is 0 Å². The fourth-order valence-electron chi connectivity index (χ4n) is 1.48. The van der Waals surface area contributed by atoms with Crippen molar-refractivity contribution in [3.8, 4) is 0 Å². The first kappa shape index (κ1) is 10.4. The molecule has 6 heteroatoms. The predicted octanol–water partition coefficient (Wildman–Crippen LogP) is 0.979. The van der Waals surface area contributed by atoms with Crippen molar-refractivity contribution in [2.75, 3.05) is 32.2 Å². The topological polar surface area (TPSA) is 69.4 Å². The van der Waals surface area contributed by atoms with Crippen molar-refractivity contribution in [2.45, 2.75) is 18.9 Å². The summed E-state index contributed by atoms with van der Waals surface area (Å²) in [6.45, 7) is 2.05. The molecule has 6 nitrogen and oxygen atoms in total. The van der Waals surface area contributed by atoms with Crippen LogP contribution in [0.5, 0.6) is 0 Å². The average molecular weight is 213 g/mol. The molecular formula is C9H15N3O3. The standard InChI is InChI=1S/C9H15N3O3/c1-13-6-4-10-9-11-8(12-15-9)7-3-2-5-14-7/h7H,2-6H2,1H3,(H,10,11,12). The van der Waals surface area contributed by atoms with E-state index in [-0.39, 0.29) is 6.10 Å². The monoisotopic (exact) mass is 213 g/mol. The van der Waals surface area contributed by atoms with Crippen molar-refractivity contribution in [1.82, 2.24) is 10.1 Å². The highest BCUT2D eigenvalue weighted by Crippen LogP contribution is 2.26. The molecule has 1 N–H and O–H groups in total. The Hall–Kier alpha value is -1.14. The zero-order chi connectivity index (χ0) is 10.5. The Morgan fingerprint density at radius 1 is 1.60 bits per heavy atom. The van der Waals surface area contributed by atoms with Gasteiger partial charge >= 0.3 is 6.01 Å². The number of aromatic nitrogens is 2. The quantitative estimate of drug-likeness (QED) is 0.735. The fraction of sp³-hybridized carbons (Fsp3) is 0.778. The normalized spacial score (nSPS) is 20.7. The Labute approximate surface area is 87.9 Å². The van der Waals surface area contributed by atoms with Crippen molar-refractivity contribution in [2.24, 2.45) is 0 Å². The Morgan fingerprint density at radius 2 is 2.53 bits per heavy atom. The largest absolute Gasteiger partial charge is 0.383 e. The van der Waals surface area contributed by atoms with E-state index in [0.29, 0.717) is 25.0 Å². The van der Waals surface area contributed by atoms with Gasteiger partial charge < -0.3 is 19.3 Å². The van der Waals surface area contributed by atoms with Gasteiger partial charge in [-0.3, -0.25) is 0 Å². The van der Waals surface area contributed by atoms with Gasteiger partial charge in [0, 0.05) is 20.3 Å². The van der Waals surface area contributed by atoms with E-state index in [1.54, 1.807) is 7.11 Å². The molecule has 0 spiro atoms. The molecule has 1 unspecified atom stereocenters. The summed E-state index contributed by atoms with van der Waals surface area (Å²) in [5, 5.41) is 6.83. The first-order chi connectivity index (χ1) is 7.40. The molecule has 1 aliphatic heterocycles. The van der Waals surface area contributed by atoms with Crippen molar-refractivity contribution in [3.63, 3.8) is 0 Å². The van der Waals surface area contributed by atoms with Gasteiger partial charge in [-0.05, 0) is 12.8 Å². The summed E-state index contributed by atoms with van der Waals surface area (Å²) in [6.07, 6.45) is 2.04. The summed E-state index contributed by atoms with van der Waals surface area (Å²) in [6, 6.07) is 0.428. The lowest BCUT2D eigenvalue weighted by Gasteiger charge is -2.01. The number of methoxy groups -OCH3 is 1. The van der Waals surface area contributed by atoms with Crippen molar-refractivity contribution in [1.29, 1.82) is 0 Å². The second kappa shape index (κ2) is 5.09. The number of ether oxygens (including phenoxy) is 2. The lowest BCUT2D eigenvalue weighted by atomic mass is 10.2. The van der Waals surface area contributed by atoms with Crippen molar-refractivity contribution in [3.05, 3.63) is 5.82 Å². The molecule has 0 saturated carbocycles. The Balaban J connectivity index is 1.86. The van der Waals surface area contributed by atoms with Crippen LogP contribution in [0.1, 0.15) is 24.8 Å². The molecule has 0 aromatic carbocycles. The maximum Gasteiger partial charge on any atom is 0.321 e. The van der Waals surface area contributed by atoms with Crippen LogP contribution < -0.4 is 5.32 Å². The number of rotatable bonds is 5. The van der Waals surface area contributed by atoms with E-state index in [2.05, 4.69) is 15.5 Å². The average Bonchev–Trinajstić information content (AvgIpc) is 2.87. The maximum atomic E-state index is 5.44. The van der Waals surface area contributed by atoms with E-state index in [0.717, 1.165) is 19.4 Å². The minimum absolute atomic E-state index is 0.00623. The first-order valence-electron chi connectivity index (χ1n) is 5.08. The molecule has 2 heterocycles. The van der Waals surface area contributed by atoms with Crippen LogP contribution in [0, 0.1) is 0 Å². The Kier molecular flexibility index (Phi) is 3.52. The summed E-state index contributed by atoms with van der Waals surface area (Å²) in [5.74, 6) is 0.632. The fourth-order valence-corrected chi connectivity index (χ4v) is 1.48. The second-order valence-corrected chi connectivity index (χ2v) is 3.38. The molecule has 84 valence electrons. The van der Waals surface area contributed by atoms with Gasteiger partial charge in [0.1, 0.15) is 6.10 Å². The third kappa shape index (κ3) is 2.66. The van der Waals surface area contributed by atoms with E-state index >= 15 is 0 Å². The van der Waals surface area contributed by atoms with Crippen LogP contribution in [-0.2, 0) is 9.47 Å². The summed E-state index contributed by atoms with van der Waals surface area (Å²) in [4.78, 5) is 4.19. The molecule has 0 radical (unpaired) electrons. The number of hydrogen-bond acceptors (Lipinski definition) is 6. The Morgan fingerprint density at radius 3 is 3.27 bits per heavy atom. The maximum absolute atomic E-state index is 5.44. The molecule has 1 aromatic rings. The SMILES string of the molecule is COCCNc1nc(C2CCCO2)no1. The third-order valence-corrected chi connectivity index (χ3v) is 2.24. The molecule has 0 aliphatic carbocycles. The van der Waals surface area contributed by atoms with Gasteiger partial charge in [-0.25, -0.2) is 0 Å². The van der Waals surface area contributed by atoms with E-state index in [4.69, 9.17) is 14.0 Å². The molecule has 0 bridgehead atoms. The van der Waals surface area contributed by atoms with Crippen LogP contribution in [0.4, 0.5) is 6.01 Å². The van der Waals surface area contributed by atoms with E-state index in [1.807, 2.05) is 0 Å². The predicted molar refractivity (Wildman–Crippen MR) is 52.6 cm³/mol. The number of hydrogen-bond donors (Lipinski definition) is 1. The second-order valence-electron chi connectivity index (χ2n) is 3.38. The van der Waals surface area contributed by atoms with Crippen LogP contribution in [0.25, 0.3) is 0 Å². The molecule has 2 rings (SSSR count). The van der Waals surface area contributed by atoms with Gasteiger partial charge in [0.25, 0.3) is 0 Å². The van der Waals surface area contributed by atoms with E-state index in [1.165, 1.54) is 0 Å². The minimum Gasteiger partial charge on any atom is -0.383 e. The molecule has 0 amide bonds. The van der Waals surface area contributed by atoms with Crippen LogP contribution in [0.15, 0.2) is 4.52 Å². The highest BCUT2D eigenvalue weighted by atomic mass is 16.5. The van der Waals surface area contributed by atoms with Gasteiger partial charge in [-0.1, -0.05) is 5.16 Å². The summed E-state index contributed by atoms with van der Waals surface area (Å²) >= 11 is 0. The van der Waals surface area contributed by atoms with Crippen molar-refractivity contribution < 1.29 is 14.0 Å². The van der Waals surface area contributed by atoms with Crippen LogP contribution in [0.2, 0.25) is 0 Å². The summed E-state index contributed by atoms with van der Waals surface area (Å²) < 4.78 is 15.3. The number of nitrogens with one attached hydrogen (secondary N) is 1. The lowest BCUT2D eigenvalue weighted by molar-refractivity contribution is 0.103. The molecule has 1 aromatic heterocycles. The molecule has 1 atom stereocenters. The van der Waals surface area contributed by atoms with Gasteiger partial charge in [-0.2, -0.15) is 4.98 Å². The van der Waals surface area contributed by atoms with Gasteiger partial charge in [-0.15, -0.1) is 0 Å².